The van der Waals surface area contributed by atoms with Crippen LogP contribution in [0.25, 0.3) is 11.1 Å². The smallest absolute Gasteiger partial charge is 0.408 e. The summed E-state index contributed by atoms with van der Waals surface area (Å²) in [4.78, 5) is 38.4. The molecule has 2 N–H and O–H groups in total. The summed E-state index contributed by atoms with van der Waals surface area (Å²) in [6.07, 6.45) is -0.750. The van der Waals surface area contributed by atoms with Crippen LogP contribution in [0.1, 0.15) is 35.6 Å². The lowest BCUT2D eigenvalue weighted by Crippen LogP contribution is -2.47. The van der Waals surface area contributed by atoms with Crippen molar-refractivity contribution in [2.45, 2.75) is 24.9 Å². The summed E-state index contributed by atoms with van der Waals surface area (Å²) < 4.78 is 5.59. The number of aliphatic carboxylic acids is 1. The number of nitrogens with zero attached hydrogens (tertiary/aromatic N) is 1. The Morgan fingerprint density at radius 1 is 0.912 bits per heavy atom. The molecule has 0 radical (unpaired) electrons. The first-order valence-electron chi connectivity index (χ1n) is 11.0. The highest BCUT2D eigenvalue weighted by molar-refractivity contribution is 5.90. The monoisotopic (exact) mass is 458 g/mol. The van der Waals surface area contributed by atoms with Crippen molar-refractivity contribution < 1.29 is 24.2 Å². The van der Waals surface area contributed by atoms with Gasteiger partial charge in [0.15, 0.2) is 0 Å². The number of alkyl carbamates (subject to hydrolysis) is 1. The first-order valence-corrected chi connectivity index (χ1v) is 11.0. The number of likely N-dealkylation sites (N-methyl/N-ethyl adjacent to an activating group) is 1. The van der Waals surface area contributed by atoms with E-state index in [1.54, 1.807) is 30.3 Å². The van der Waals surface area contributed by atoms with Gasteiger partial charge in [0.2, 0.25) is 5.91 Å². The number of amides is 2. The van der Waals surface area contributed by atoms with Gasteiger partial charge in [-0.2, -0.15) is 0 Å². The Kier molecular flexibility index (Phi) is 6.63. The Balaban J connectivity index is 1.51. The molecule has 174 valence electrons. The Bertz CT molecular complexity index is 1160. The number of fused-ring (bicyclic) bond motifs is 3. The fourth-order valence-corrected chi connectivity index (χ4v) is 4.25. The van der Waals surface area contributed by atoms with E-state index in [2.05, 4.69) is 17.4 Å². The normalized spacial score (nSPS) is 13.8. The fraction of sp³-hybridized carbons (Fsp3) is 0.222. The quantitative estimate of drug-likeness (QED) is 0.553. The van der Waals surface area contributed by atoms with E-state index in [0.717, 1.165) is 27.2 Å². The topological polar surface area (TPSA) is 95.9 Å². The zero-order valence-electron chi connectivity index (χ0n) is 19.0. The third-order valence-corrected chi connectivity index (χ3v) is 6.27. The second-order valence-corrected chi connectivity index (χ2v) is 8.28. The molecular formula is C27H26N2O5. The second-order valence-electron chi connectivity index (χ2n) is 8.28. The van der Waals surface area contributed by atoms with Crippen LogP contribution in [0.2, 0.25) is 0 Å². The lowest BCUT2D eigenvalue weighted by molar-refractivity contribution is -0.149. The van der Waals surface area contributed by atoms with Gasteiger partial charge in [0.25, 0.3) is 0 Å². The number of rotatable bonds is 7. The number of carboxylic acid groups (broad SMARTS) is 1. The van der Waals surface area contributed by atoms with E-state index in [1.165, 1.54) is 14.0 Å². The van der Waals surface area contributed by atoms with E-state index in [4.69, 9.17) is 4.74 Å². The van der Waals surface area contributed by atoms with Gasteiger partial charge in [-0.25, -0.2) is 9.59 Å². The van der Waals surface area contributed by atoms with Crippen molar-refractivity contribution in [2.24, 2.45) is 0 Å². The fourth-order valence-electron chi connectivity index (χ4n) is 4.25. The Labute approximate surface area is 198 Å². The first-order chi connectivity index (χ1) is 16.4. The van der Waals surface area contributed by atoms with Gasteiger partial charge in [0.05, 0.1) is 0 Å². The van der Waals surface area contributed by atoms with Crippen molar-refractivity contribution >= 4 is 18.0 Å². The van der Waals surface area contributed by atoms with Crippen LogP contribution in [-0.2, 0) is 14.3 Å². The standard InChI is InChI=1S/C27H26N2O5/c1-17(26(31)32)29(2)25(30)24(18-10-4-3-5-11-18)28-27(33)34-16-23-21-14-8-6-12-19(21)20-13-7-9-15-22(20)23/h3-15,17,23-24H,16H2,1-2H3,(H,28,33)(H,31,32)/t17-,24?/m0/s1. The number of nitrogens with one attached hydrogen (secondary N) is 1. The van der Waals surface area contributed by atoms with Crippen molar-refractivity contribution in [3.8, 4) is 11.1 Å². The van der Waals surface area contributed by atoms with Gasteiger partial charge in [0, 0.05) is 13.0 Å². The zero-order valence-corrected chi connectivity index (χ0v) is 19.0. The molecule has 3 aromatic rings. The van der Waals surface area contributed by atoms with E-state index in [0.29, 0.717) is 5.56 Å². The molecule has 2 atom stereocenters. The number of benzene rings is 3. The number of hydrogen-bond acceptors (Lipinski definition) is 4. The molecule has 0 spiro atoms. The minimum absolute atomic E-state index is 0.108. The zero-order chi connectivity index (χ0) is 24.2. The van der Waals surface area contributed by atoms with Crippen molar-refractivity contribution in [2.75, 3.05) is 13.7 Å². The molecule has 0 saturated heterocycles. The predicted molar refractivity (Wildman–Crippen MR) is 127 cm³/mol. The number of carbonyl (C=O) groups is 3. The molecule has 34 heavy (non-hydrogen) atoms. The molecule has 7 heteroatoms. The lowest BCUT2D eigenvalue weighted by atomic mass is 9.98. The number of hydrogen-bond donors (Lipinski definition) is 2. The molecule has 4 rings (SSSR count). The van der Waals surface area contributed by atoms with E-state index >= 15 is 0 Å². The molecule has 1 unspecified atom stereocenters. The maximum Gasteiger partial charge on any atom is 0.408 e. The Hall–Kier alpha value is -4.13. The van der Waals surface area contributed by atoms with Crippen LogP contribution >= 0.6 is 0 Å². The number of carbonyl (C=O) groups excluding carboxylic acids is 2. The molecule has 0 bridgehead atoms. The molecule has 1 aliphatic carbocycles. The first kappa shape index (κ1) is 23.0. The van der Waals surface area contributed by atoms with E-state index in [1.807, 2.05) is 36.4 Å². The van der Waals surface area contributed by atoms with Gasteiger partial charge in [0.1, 0.15) is 18.7 Å². The van der Waals surface area contributed by atoms with Crippen LogP contribution in [0.3, 0.4) is 0 Å². The molecule has 7 nitrogen and oxygen atoms in total. The Morgan fingerprint density at radius 2 is 1.44 bits per heavy atom. The Morgan fingerprint density at radius 3 is 2.00 bits per heavy atom. The van der Waals surface area contributed by atoms with Crippen LogP contribution in [0, 0.1) is 0 Å². The molecule has 1 aliphatic rings. The second kappa shape index (κ2) is 9.79. The summed E-state index contributed by atoms with van der Waals surface area (Å²) in [5.41, 5.74) is 4.94. The maximum absolute atomic E-state index is 13.1. The van der Waals surface area contributed by atoms with Crippen LogP contribution in [-0.4, -0.2) is 47.7 Å². The predicted octanol–water partition coefficient (Wildman–Crippen LogP) is 4.20. The van der Waals surface area contributed by atoms with E-state index < -0.39 is 30.1 Å². The molecule has 0 heterocycles. The summed E-state index contributed by atoms with van der Waals surface area (Å²) >= 11 is 0. The SMILES string of the molecule is C[C@@H](C(=O)O)N(C)C(=O)C(NC(=O)OCC1c2ccccc2-c2ccccc21)c1ccccc1. The minimum Gasteiger partial charge on any atom is -0.480 e. The molecule has 2 amide bonds. The number of carboxylic acids is 1. The van der Waals surface area contributed by atoms with Gasteiger partial charge in [-0.15, -0.1) is 0 Å². The van der Waals surface area contributed by atoms with Crippen LogP contribution < -0.4 is 5.32 Å². The highest BCUT2D eigenvalue weighted by atomic mass is 16.5. The molecule has 3 aromatic carbocycles. The van der Waals surface area contributed by atoms with Crippen LogP contribution in [0.5, 0.6) is 0 Å². The summed E-state index contributed by atoms with van der Waals surface area (Å²) in [6.45, 7) is 1.52. The highest BCUT2D eigenvalue weighted by Crippen LogP contribution is 2.44. The molecular weight excluding hydrogens is 432 g/mol. The molecule has 0 aromatic heterocycles. The third kappa shape index (κ3) is 4.50. The van der Waals surface area contributed by atoms with Gasteiger partial charge in [-0.05, 0) is 34.7 Å². The summed E-state index contributed by atoms with van der Waals surface area (Å²) in [7, 11) is 1.40. The molecule has 0 saturated carbocycles. The van der Waals surface area contributed by atoms with Gasteiger partial charge < -0.3 is 20.1 Å². The van der Waals surface area contributed by atoms with Gasteiger partial charge in [-0.3, -0.25) is 4.79 Å². The lowest BCUT2D eigenvalue weighted by Gasteiger charge is -2.27. The average Bonchev–Trinajstić information content (AvgIpc) is 3.19. The van der Waals surface area contributed by atoms with Gasteiger partial charge in [-0.1, -0.05) is 78.9 Å². The van der Waals surface area contributed by atoms with E-state index in [9.17, 15) is 19.5 Å². The van der Waals surface area contributed by atoms with Crippen molar-refractivity contribution in [3.05, 3.63) is 95.6 Å². The maximum atomic E-state index is 13.1. The van der Waals surface area contributed by atoms with E-state index in [-0.39, 0.29) is 12.5 Å². The average molecular weight is 459 g/mol. The minimum atomic E-state index is -1.14. The summed E-state index contributed by atoms with van der Waals surface area (Å²) in [5.74, 6) is -1.79. The van der Waals surface area contributed by atoms with Crippen LogP contribution in [0.15, 0.2) is 78.9 Å². The molecule has 0 fully saturated rings. The van der Waals surface area contributed by atoms with Crippen molar-refractivity contribution in [3.63, 3.8) is 0 Å². The number of ether oxygens (including phenoxy) is 1. The molecule has 0 aliphatic heterocycles. The van der Waals surface area contributed by atoms with Crippen LogP contribution in [0.4, 0.5) is 4.79 Å². The summed E-state index contributed by atoms with van der Waals surface area (Å²) in [5, 5.41) is 11.9. The largest absolute Gasteiger partial charge is 0.480 e. The summed E-state index contributed by atoms with van der Waals surface area (Å²) in [6, 6.07) is 22.6. The van der Waals surface area contributed by atoms with Crippen molar-refractivity contribution in [1.82, 2.24) is 10.2 Å². The van der Waals surface area contributed by atoms with Crippen molar-refractivity contribution in [1.29, 1.82) is 0 Å². The third-order valence-electron chi connectivity index (χ3n) is 6.27. The highest BCUT2D eigenvalue weighted by Gasteiger charge is 2.32. The van der Waals surface area contributed by atoms with Gasteiger partial charge >= 0.3 is 12.1 Å².